The summed E-state index contributed by atoms with van der Waals surface area (Å²) >= 11 is 0. The summed E-state index contributed by atoms with van der Waals surface area (Å²) in [6, 6.07) is -6.11. The highest BCUT2D eigenvalue weighted by atomic mass is 19.3. The SMILES string of the molecule is CC(C)(C)OC(=O)N[C@@H](CCC(=O)O)C(=O)N[C@@H](CC(F)F)C(=O)N[C@@H](CC(F)F)C(=O)C(=O)O. The van der Waals surface area contributed by atoms with Crippen LogP contribution >= 0.6 is 0 Å². The molecular weight excluding hydrogens is 490 g/mol. The molecule has 0 aliphatic carbocycles. The van der Waals surface area contributed by atoms with Gasteiger partial charge in [-0.25, -0.2) is 27.2 Å². The van der Waals surface area contributed by atoms with E-state index in [1.54, 1.807) is 5.32 Å². The molecule has 0 radical (unpaired) electrons. The number of alkyl carbamates (subject to hydrolysis) is 1. The summed E-state index contributed by atoms with van der Waals surface area (Å²) < 4.78 is 56.3. The molecule has 12 nitrogen and oxygen atoms in total. The Kier molecular flexibility index (Phi) is 12.7. The molecule has 0 aromatic heterocycles. The second-order valence-corrected chi connectivity index (χ2v) is 8.18. The van der Waals surface area contributed by atoms with E-state index >= 15 is 0 Å². The van der Waals surface area contributed by atoms with Gasteiger partial charge in [0.1, 0.15) is 23.7 Å². The van der Waals surface area contributed by atoms with Gasteiger partial charge in [0.2, 0.25) is 24.7 Å². The van der Waals surface area contributed by atoms with Crippen molar-refractivity contribution in [1.29, 1.82) is 0 Å². The highest BCUT2D eigenvalue weighted by molar-refractivity contribution is 6.35. The monoisotopic (exact) mass is 517 g/mol. The van der Waals surface area contributed by atoms with Crippen molar-refractivity contribution in [1.82, 2.24) is 16.0 Å². The minimum absolute atomic E-state index is 0.547. The molecule has 0 saturated carbocycles. The average Bonchev–Trinajstić information content (AvgIpc) is 2.66. The molecule has 16 heteroatoms. The Balaban J connectivity index is 5.69. The number of rotatable bonds is 14. The number of amides is 3. The third-order valence-electron chi connectivity index (χ3n) is 3.96. The molecule has 0 heterocycles. The summed E-state index contributed by atoms with van der Waals surface area (Å²) in [5, 5.41) is 23.0. The molecule has 35 heavy (non-hydrogen) atoms. The first kappa shape index (κ1) is 31.5. The number of hydrogen-bond donors (Lipinski definition) is 5. The van der Waals surface area contributed by atoms with Gasteiger partial charge in [-0.2, -0.15) is 0 Å². The summed E-state index contributed by atoms with van der Waals surface area (Å²) in [5.41, 5.74) is -1.02. The number of carboxylic acid groups (broad SMARTS) is 2. The fourth-order valence-corrected chi connectivity index (χ4v) is 2.50. The molecule has 200 valence electrons. The quantitative estimate of drug-likeness (QED) is 0.163. The molecule has 3 atom stereocenters. The van der Waals surface area contributed by atoms with E-state index in [0.717, 1.165) is 0 Å². The summed E-state index contributed by atoms with van der Waals surface area (Å²) in [4.78, 5) is 70.2. The third kappa shape index (κ3) is 13.7. The summed E-state index contributed by atoms with van der Waals surface area (Å²) in [6.45, 7) is 4.45. The van der Waals surface area contributed by atoms with E-state index in [9.17, 15) is 46.3 Å². The smallest absolute Gasteiger partial charge is 0.408 e. The lowest BCUT2D eigenvalue weighted by atomic mass is 10.1. The van der Waals surface area contributed by atoms with Crippen molar-refractivity contribution >= 4 is 35.6 Å². The van der Waals surface area contributed by atoms with E-state index < -0.39 is 97.9 Å². The van der Waals surface area contributed by atoms with Crippen molar-refractivity contribution in [2.45, 2.75) is 83.0 Å². The normalized spacial score (nSPS) is 14.0. The van der Waals surface area contributed by atoms with Crippen molar-refractivity contribution in [2.24, 2.45) is 0 Å². The van der Waals surface area contributed by atoms with Gasteiger partial charge in [-0.3, -0.25) is 19.2 Å². The average molecular weight is 517 g/mol. The molecule has 0 aromatic rings. The van der Waals surface area contributed by atoms with Crippen LogP contribution in [0.2, 0.25) is 0 Å². The molecule has 5 N–H and O–H groups in total. The number of hydrogen-bond acceptors (Lipinski definition) is 7. The first-order valence-electron chi connectivity index (χ1n) is 10.1. The van der Waals surface area contributed by atoms with Crippen molar-refractivity contribution < 1.29 is 61.3 Å². The number of carboxylic acids is 2. The third-order valence-corrected chi connectivity index (χ3v) is 3.96. The van der Waals surface area contributed by atoms with Gasteiger partial charge in [0, 0.05) is 19.3 Å². The standard InChI is InChI=1S/C19H27F4N3O9/c1-19(2,3)35-18(34)26-8(4-5-13(27)28)15(30)25-10(7-12(22)23)16(31)24-9(6-11(20)21)14(29)17(32)33/h8-12H,4-7H2,1-3H3,(H,24,31)(H,25,30)(H,26,34)(H,27,28)(H,32,33)/t8-,9-,10-/m0/s1. The van der Waals surface area contributed by atoms with Crippen LogP contribution in [0, 0.1) is 0 Å². The first-order valence-corrected chi connectivity index (χ1v) is 10.1. The van der Waals surface area contributed by atoms with Gasteiger partial charge >= 0.3 is 18.0 Å². The minimum atomic E-state index is -3.25. The maximum absolute atomic E-state index is 13.0. The van der Waals surface area contributed by atoms with Gasteiger partial charge in [-0.1, -0.05) is 0 Å². The van der Waals surface area contributed by atoms with E-state index in [1.165, 1.54) is 20.8 Å². The summed E-state index contributed by atoms with van der Waals surface area (Å²) in [5.74, 6) is -8.26. The zero-order chi connectivity index (χ0) is 27.5. The maximum Gasteiger partial charge on any atom is 0.408 e. The van der Waals surface area contributed by atoms with Crippen LogP contribution in [0.25, 0.3) is 0 Å². The Labute approximate surface area is 196 Å². The van der Waals surface area contributed by atoms with Gasteiger partial charge in [0.05, 0.1) is 0 Å². The number of ether oxygens (including phenoxy) is 1. The number of ketones is 1. The van der Waals surface area contributed by atoms with Crippen molar-refractivity contribution in [2.75, 3.05) is 0 Å². The molecule has 0 rings (SSSR count). The van der Waals surface area contributed by atoms with E-state index in [-0.39, 0.29) is 0 Å². The summed E-state index contributed by atoms with van der Waals surface area (Å²) in [6.07, 6.45) is -11.7. The lowest BCUT2D eigenvalue weighted by Crippen LogP contribution is -2.57. The lowest BCUT2D eigenvalue weighted by Gasteiger charge is -2.26. The zero-order valence-corrected chi connectivity index (χ0v) is 19.0. The number of nitrogens with one attached hydrogen (secondary N) is 3. The van der Waals surface area contributed by atoms with Crippen molar-refractivity contribution in [3.05, 3.63) is 0 Å². The van der Waals surface area contributed by atoms with Crippen LogP contribution in [0.15, 0.2) is 0 Å². The van der Waals surface area contributed by atoms with Gasteiger partial charge in [0.25, 0.3) is 5.78 Å². The number of aliphatic carboxylic acids is 2. The molecule has 0 spiro atoms. The molecule has 0 fully saturated rings. The Morgan fingerprint density at radius 1 is 0.771 bits per heavy atom. The molecule has 0 unspecified atom stereocenters. The van der Waals surface area contributed by atoms with Crippen LogP contribution in [0.5, 0.6) is 0 Å². The molecule has 0 aliphatic heterocycles. The van der Waals surface area contributed by atoms with E-state index in [0.29, 0.717) is 0 Å². The van der Waals surface area contributed by atoms with Gasteiger partial charge in [0.15, 0.2) is 0 Å². The van der Waals surface area contributed by atoms with Crippen molar-refractivity contribution in [3.63, 3.8) is 0 Å². The van der Waals surface area contributed by atoms with Crippen LogP contribution in [-0.2, 0) is 28.7 Å². The number of Topliss-reactive ketones (excluding diaryl/α,β-unsaturated/α-hetero) is 1. The Morgan fingerprint density at radius 3 is 1.66 bits per heavy atom. The second kappa shape index (κ2) is 14.1. The lowest BCUT2D eigenvalue weighted by molar-refractivity contribution is -0.151. The molecule has 0 aromatic carbocycles. The number of carbonyl (C=O) groups is 6. The Hall–Kier alpha value is -3.46. The van der Waals surface area contributed by atoms with Crippen LogP contribution in [-0.4, -0.2) is 82.4 Å². The molecular formula is C19H27F4N3O9. The second-order valence-electron chi connectivity index (χ2n) is 8.18. The number of halogens is 4. The predicted octanol–water partition coefficient (Wildman–Crippen LogP) is 0.678. The van der Waals surface area contributed by atoms with Crippen molar-refractivity contribution in [3.8, 4) is 0 Å². The summed E-state index contributed by atoms with van der Waals surface area (Å²) in [7, 11) is 0. The van der Waals surface area contributed by atoms with Gasteiger partial charge in [-0.15, -0.1) is 0 Å². The first-order chi connectivity index (χ1) is 15.9. The van der Waals surface area contributed by atoms with Crippen LogP contribution in [0.4, 0.5) is 22.4 Å². The topological polar surface area (TPSA) is 188 Å². The fourth-order valence-electron chi connectivity index (χ4n) is 2.50. The van der Waals surface area contributed by atoms with E-state index in [1.807, 2.05) is 10.6 Å². The predicted molar refractivity (Wildman–Crippen MR) is 108 cm³/mol. The Morgan fingerprint density at radius 2 is 1.23 bits per heavy atom. The van der Waals surface area contributed by atoms with Crippen LogP contribution in [0.3, 0.4) is 0 Å². The highest BCUT2D eigenvalue weighted by Gasteiger charge is 2.34. The molecule has 3 amide bonds. The maximum atomic E-state index is 13.0. The van der Waals surface area contributed by atoms with Gasteiger partial charge < -0.3 is 30.9 Å². The van der Waals surface area contributed by atoms with Crippen LogP contribution in [0.1, 0.15) is 46.5 Å². The molecule has 0 bridgehead atoms. The Bertz CT molecular complexity index is 803. The number of alkyl halides is 4. The number of carbonyl (C=O) groups excluding carboxylic acids is 4. The van der Waals surface area contributed by atoms with E-state index in [2.05, 4.69) is 0 Å². The fraction of sp³-hybridized carbons (Fsp3) is 0.684. The zero-order valence-electron chi connectivity index (χ0n) is 19.0. The van der Waals surface area contributed by atoms with E-state index in [4.69, 9.17) is 14.9 Å². The minimum Gasteiger partial charge on any atom is -0.481 e. The molecule has 0 aliphatic rings. The van der Waals surface area contributed by atoms with Gasteiger partial charge in [-0.05, 0) is 27.2 Å². The highest BCUT2D eigenvalue weighted by Crippen LogP contribution is 2.11. The molecule has 0 saturated heterocycles. The van der Waals surface area contributed by atoms with Crippen LogP contribution < -0.4 is 16.0 Å². The largest absolute Gasteiger partial charge is 0.481 e.